The maximum Gasteiger partial charge on any atom is 0.238 e. The molecule has 0 fully saturated rings. The molecule has 4 rings (SSSR count). The van der Waals surface area contributed by atoms with Crippen LogP contribution in [0.1, 0.15) is 38.0 Å². The van der Waals surface area contributed by atoms with E-state index in [0.717, 1.165) is 22.7 Å². The number of hydrogen-bond donors (Lipinski definition) is 3. The molecular formula is C27H28N6O6S2. The molecule has 0 aliphatic heterocycles. The van der Waals surface area contributed by atoms with Gasteiger partial charge in [0.2, 0.25) is 21.8 Å². The van der Waals surface area contributed by atoms with Gasteiger partial charge in [0, 0.05) is 24.8 Å². The quantitative estimate of drug-likeness (QED) is 0.207. The molecule has 2 amide bonds. The van der Waals surface area contributed by atoms with Crippen LogP contribution in [0.5, 0.6) is 11.5 Å². The van der Waals surface area contributed by atoms with E-state index in [4.69, 9.17) is 14.6 Å². The highest BCUT2D eigenvalue weighted by Crippen LogP contribution is 2.42. The average molecular weight is 597 g/mol. The van der Waals surface area contributed by atoms with Crippen LogP contribution in [0.3, 0.4) is 0 Å². The number of amides is 2. The molecule has 0 radical (unpaired) electrons. The minimum Gasteiger partial charge on any atom is -0.496 e. The van der Waals surface area contributed by atoms with E-state index in [1.165, 1.54) is 32.0 Å². The highest BCUT2D eigenvalue weighted by Gasteiger charge is 2.21. The summed E-state index contributed by atoms with van der Waals surface area (Å²) in [6.07, 6.45) is -0.533. The molecule has 214 valence electrons. The number of hydrogen-bond acceptors (Lipinski definition) is 10. The molecule has 14 heteroatoms. The number of nitrogens with one attached hydrogen (secondary N) is 2. The molecule has 0 aliphatic carbocycles. The van der Waals surface area contributed by atoms with Crippen LogP contribution in [-0.2, 0) is 19.6 Å². The Balaban J connectivity index is 1.78. The first-order valence-corrected chi connectivity index (χ1v) is 14.6. The number of benzene rings is 3. The number of rotatable bonds is 9. The van der Waals surface area contributed by atoms with E-state index in [2.05, 4.69) is 25.2 Å². The second kappa shape index (κ2) is 12.0. The lowest BCUT2D eigenvalue weighted by molar-refractivity contribution is -0.115. The van der Waals surface area contributed by atoms with Gasteiger partial charge in [-0.05, 0) is 67.8 Å². The summed E-state index contributed by atoms with van der Waals surface area (Å²) in [4.78, 5) is 24.2. The summed E-state index contributed by atoms with van der Waals surface area (Å²) in [5, 5.41) is 20.1. The standard InChI is InChI=1S/C27H28N6O6S2/c1-14-6-9-25(38-5)20(10-14)15(2)39-26-23(29-16(3)34)11-18(12-24(26)30-17(4)35)31-32-27-21-13-19(41(28,36)37)7-8-22(21)33-40-27/h6-13,15H,1-5H3,(H,29,34)(H,30,35)(H2,28,36,37). The summed E-state index contributed by atoms with van der Waals surface area (Å²) in [5.74, 6) is 0.0921. The van der Waals surface area contributed by atoms with Crippen molar-refractivity contribution in [3.63, 3.8) is 0 Å². The molecule has 4 N–H and O–H groups in total. The number of sulfonamides is 1. The number of nitrogens with two attached hydrogens (primary N) is 1. The zero-order valence-electron chi connectivity index (χ0n) is 22.9. The predicted molar refractivity (Wildman–Crippen MR) is 157 cm³/mol. The second-order valence-corrected chi connectivity index (χ2v) is 11.5. The third-order valence-electron chi connectivity index (χ3n) is 5.83. The third kappa shape index (κ3) is 7.03. The number of fused-ring (bicyclic) bond motifs is 1. The molecule has 0 saturated carbocycles. The first-order chi connectivity index (χ1) is 19.3. The molecule has 0 saturated heterocycles. The fourth-order valence-electron chi connectivity index (χ4n) is 4.03. The summed E-state index contributed by atoms with van der Waals surface area (Å²) >= 11 is 1.02. The Kier molecular flexibility index (Phi) is 8.66. The van der Waals surface area contributed by atoms with Crippen LogP contribution in [0.4, 0.5) is 22.1 Å². The predicted octanol–water partition coefficient (Wildman–Crippen LogP) is 5.73. The van der Waals surface area contributed by atoms with Gasteiger partial charge in [-0.15, -0.1) is 10.2 Å². The van der Waals surface area contributed by atoms with Crippen molar-refractivity contribution in [2.75, 3.05) is 17.7 Å². The van der Waals surface area contributed by atoms with E-state index in [1.807, 2.05) is 32.0 Å². The van der Waals surface area contributed by atoms with Gasteiger partial charge in [-0.25, -0.2) is 13.6 Å². The van der Waals surface area contributed by atoms with Crippen molar-refractivity contribution in [1.29, 1.82) is 0 Å². The van der Waals surface area contributed by atoms with Crippen molar-refractivity contribution in [2.24, 2.45) is 15.4 Å². The SMILES string of the molecule is COc1ccc(C)cc1C(C)Oc1c(NC(C)=O)cc(N=Nc2snc3ccc(S(N)(=O)=O)cc23)cc1NC(C)=O. The lowest BCUT2D eigenvalue weighted by Gasteiger charge is -2.23. The molecule has 41 heavy (non-hydrogen) atoms. The van der Waals surface area contributed by atoms with Crippen LogP contribution in [-0.4, -0.2) is 31.7 Å². The monoisotopic (exact) mass is 596 g/mol. The number of aryl methyl sites for hydroxylation is 1. The van der Waals surface area contributed by atoms with Gasteiger partial charge in [-0.1, -0.05) is 11.6 Å². The zero-order chi connectivity index (χ0) is 29.9. The number of primary sulfonamides is 1. The normalized spacial score (nSPS) is 12.3. The van der Waals surface area contributed by atoms with Crippen LogP contribution in [0.25, 0.3) is 10.9 Å². The fraction of sp³-hybridized carbons (Fsp3) is 0.222. The number of nitrogens with zero attached hydrogens (tertiary/aromatic N) is 3. The van der Waals surface area contributed by atoms with Crippen molar-refractivity contribution < 1.29 is 27.5 Å². The van der Waals surface area contributed by atoms with E-state index in [9.17, 15) is 18.0 Å². The van der Waals surface area contributed by atoms with Crippen LogP contribution < -0.4 is 25.2 Å². The van der Waals surface area contributed by atoms with Crippen LogP contribution in [0.2, 0.25) is 0 Å². The van der Waals surface area contributed by atoms with Gasteiger partial charge < -0.3 is 20.1 Å². The molecule has 1 unspecified atom stereocenters. The molecule has 0 bridgehead atoms. The minimum atomic E-state index is -3.93. The van der Waals surface area contributed by atoms with Crippen molar-refractivity contribution in [3.8, 4) is 11.5 Å². The molecule has 1 aromatic heterocycles. The summed E-state index contributed by atoms with van der Waals surface area (Å²) in [6, 6.07) is 13.1. The first-order valence-electron chi connectivity index (χ1n) is 12.2. The van der Waals surface area contributed by atoms with Gasteiger partial charge in [0.1, 0.15) is 11.9 Å². The maximum atomic E-state index is 12.1. The lowest BCUT2D eigenvalue weighted by Crippen LogP contribution is -2.14. The lowest BCUT2D eigenvalue weighted by atomic mass is 10.1. The Morgan fingerprint density at radius 1 is 1.00 bits per heavy atom. The molecule has 4 aromatic rings. The Bertz CT molecular complexity index is 1750. The van der Waals surface area contributed by atoms with Gasteiger partial charge in [-0.2, -0.15) is 4.37 Å². The fourth-order valence-corrected chi connectivity index (χ4v) is 5.26. The third-order valence-corrected chi connectivity index (χ3v) is 7.50. The van der Waals surface area contributed by atoms with E-state index in [1.54, 1.807) is 19.2 Å². The minimum absolute atomic E-state index is 0.0802. The Hall–Kier alpha value is -4.40. The van der Waals surface area contributed by atoms with Crippen molar-refractivity contribution in [1.82, 2.24) is 4.37 Å². The average Bonchev–Trinajstić information content (AvgIpc) is 3.30. The molecular weight excluding hydrogens is 568 g/mol. The largest absolute Gasteiger partial charge is 0.496 e. The van der Waals surface area contributed by atoms with Gasteiger partial charge in [0.15, 0.2) is 10.8 Å². The van der Waals surface area contributed by atoms with E-state index >= 15 is 0 Å². The van der Waals surface area contributed by atoms with Gasteiger partial charge >= 0.3 is 0 Å². The highest BCUT2D eigenvalue weighted by atomic mass is 32.2. The molecule has 0 spiro atoms. The summed E-state index contributed by atoms with van der Waals surface area (Å²) in [5.41, 5.74) is 3.08. The summed E-state index contributed by atoms with van der Waals surface area (Å²) in [6.45, 7) is 6.46. The van der Waals surface area contributed by atoms with E-state index in [0.29, 0.717) is 21.7 Å². The smallest absolute Gasteiger partial charge is 0.238 e. The maximum absolute atomic E-state index is 12.1. The Morgan fingerprint density at radius 3 is 2.24 bits per heavy atom. The number of methoxy groups -OCH3 is 1. The Morgan fingerprint density at radius 2 is 1.66 bits per heavy atom. The number of carbonyl (C=O) groups excluding carboxylic acids is 2. The highest BCUT2D eigenvalue weighted by molar-refractivity contribution is 7.89. The van der Waals surface area contributed by atoms with Crippen LogP contribution >= 0.6 is 11.5 Å². The summed E-state index contributed by atoms with van der Waals surface area (Å²) in [7, 11) is -2.37. The number of aromatic nitrogens is 1. The van der Waals surface area contributed by atoms with Gasteiger partial charge in [0.05, 0.1) is 34.6 Å². The number of ether oxygens (including phenoxy) is 2. The molecule has 12 nitrogen and oxygen atoms in total. The van der Waals surface area contributed by atoms with Gasteiger partial charge in [-0.3, -0.25) is 9.59 Å². The topological polar surface area (TPSA) is 174 Å². The molecule has 1 heterocycles. The second-order valence-electron chi connectivity index (χ2n) is 9.15. The van der Waals surface area contributed by atoms with E-state index < -0.39 is 16.1 Å². The first kappa shape index (κ1) is 29.6. The van der Waals surface area contributed by atoms with Crippen molar-refractivity contribution >= 4 is 66.3 Å². The van der Waals surface area contributed by atoms with Gasteiger partial charge in [0.25, 0.3) is 0 Å². The number of anilines is 2. The number of carbonyl (C=O) groups is 2. The van der Waals surface area contributed by atoms with Crippen LogP contribution in [0.15, 0.2) is 63.7 Å². The zero-order valence-corrected chi connectivity index (χ0v) is 24.5. The Labute approximate surface area is 240 Å². The molecule has 3 aromatic carbocycles. The van der Waals surface area contributed by atoms with E-state index in [-0.39, 0.29) is 39.5 Å². The van der Waals surface area contributed by atoms with Crippen LogP contribution in [0, 0.1) is 6.92 Å². The number of azo groups is 1. The van der Waals surface area contributed by atoms with Crippen molar-refractivity contribution in [2.45, 2.75) is 38.7 Å². The summed E-state index contributed by atoms with van der Waals surface area (Å²) < 4.78 is 39.7. The van der Waals surface area contributed by atoms with Crippen molar-refractivity contribution in [3.05, 3.63) is 59.7 Å². The molecule has 0 aliphatic rings. The molecule has 1 atom stereocenters.